The molecule has 0 saturated carbocycles. The molecule has 0 amide bonds. The molecule has 0 bridgehead atoms. The van der Waals surface area contributed by atoms with Crippen LogP contribution < -0.4 is 5.32 Å². The van der Waals surface area contributed by atoms with Crippen LogP contribution in [0.15, 0.2) is 40.9 Å². The molecule has 0 aliphatic rings. The summed E-state index contributed by atoms with van der Waals surface area (Å²) in [7, 11) is 0. The van der Waals surface area contributed by atoms with Crippen LogP contribution in [-0.4, -0.2) is 19.6 Å². The summed E-state index contributed by atoms with van der Waals surface area (Å²) >= 11 is 3.38. The number of imidazole rings is 1. The van der Waals surface area contributed by atoms with Gasteiger partial charge in [-0.1, -0.05) is 22.0 Å². The topological polar surface area (TPSA) is 58.0 Å². The van der Waals surface area contributed by atoms with E-state index < -0.39 is 11.6 Å². The number of para-hydroxylation sites is 1. The number of hydrogen-bond acceptors (Lipinski definition) is 3. The standard InChI is InChI=1S/C14H8BrF2N5/c15-7-4-5-11-10(6-7)18-14-20-13(21-22(11)14)19-12-8(16)2-1-3-9(12)17/h1-6H,(H2,18,19,20,21). The van der Waals surface area contributed by atoms with E-state index in [1.807, 2.05) is 18.2 Å². The van der Waals surface area contributed by atoms with E-state index in [0.29, 0.717) is 5.78 Å². The van der Waals surface area contributed by atoms with Crippen LogP contribution in [0.1, 0.15) is 0 Å². The molecule has 2 aromatic carbocycles. The van der Waals surface area contributed by atoms with Crippen LogP contribution in [0, 0.1) is 11.6 Å². The van der Waals surface area contributed by atoms with Gasteiger partial charge in [-0.2, -0.15) is 4.98 Å². The number of hydrogen-bond donors (Lipinski definition) is 2. The van der Waals surface area contributed by atoms with Gasteiger partial charge in [0.25, 0.3) is 5.78 Å². The average molecular weight is 364 g/mol. The minimum atomic E-state index is -0.692. The lowest BCUT2D eigenvalue weighted by Gasteiger charge is -2.04. The fourth-order valence-corrected chi connectivity index (χ4v) is 2.60. The Bertz CT molecular complexity index is 987. The molecular formula is C14H8BrF2N5. The van der Waals surface area contributed by atoms with Crippen LogP contribution >= 0.6 is 15.9 Å². The van der Waals surface area contributed by atoms with E-state index in [4.69, 9.17) is 0 Å². The molecule has 110 valence electrons. The van der Waals surface area contributed by atoms with Crippen molar-refractivity contribution >= 4 is 44.4 Å². The molecule has 2 N–H and O–H groups in total. The van der Waals surface area contributed by atoms with E-state index in [9.17, 15) is 8.78 Å². The van der Waals surface area contributed by atoms with E-state index in [1.165, 1.54) is 18.2 Å². The number of aromatic amines is 1. The van der Waals surface area contributed by atoms with Gasteiger partial charge in [0.05, 0.1) is 11.0 Å². The molecule has 0 fully saturated rings. The Balaban J connectivity index is 1.80. The Morgan fingerprint density at radius 1 is 1.09 bits per heavy atom. The van der Waals surface area contributed by atoms with Crippen molar-refractivity contribution in [2.75, 3.05) is 5.32 Å². The van der Waals surface area contributed by atoms with E-state index in [2.05, 4.69) is 36.3 Å². The van der Waals surface area contributed by atoms with Gasteiger partial charge in [0.1, 0.15) is 17.3 Å². The van der Waals surface area contributed by atoms with Crippen LogP contribution in [0.5, 0.6) is 0 Å². The highest BCUT2D eigenvalue weighted by molar-refractivity contribution is 9.10. The van der Waals surface area contributed by atoms with Gasteiger partial charge in [-0.25, -0.2) is 18.3 Å². The molecule has 4 rings (SSSR count). The third kappa shape index (κ3) is 2.03. The summed E-state index contributed by atoms with van der Waals surface area (Å²) in [5, 5.41) is 5.53. The molecular weight excluding hydrogens is 356 g/mol. The molecule has 0 aliphatic heterocycles. The number of nitrogens with one attached hydrogen (secondary N) is 2. The molecule has 0 radical (unpaired) electrons. The second-order valence-corrected chi connectivity index (χ2v) is 5.59. The van der Waals surface area contributed by atoms with Crippen LogP contribution in [-0.2, 0) is 0 Å². The van der Waals surface area contributed by atoms with Gasteiger partial charge in [0.15, 0.2) is 0 Å². The number of nitrogens with zero attached hydrogens (tertiary/aromatic N) is 3. The molecule has 2 heterocycles. The molecule has 5 nitrogen and oxygen atoms in total. The van der Waals surface area contributed by atoms with Crippen molar-refractivity contribution in [1.82, 2.24) is 19.6 Å². The van der Waals surface area contributed by atoms with Gasteiger partial charge in [0, 0.05) is 4.47 Å². The SMILES string of the molecule is Fc1cccc(F)c1Nc1nc2nc3cc(Br)ccc3n2[nH]1. The Hall–Kier alpha value is -2.48. The molecule has 0 aliphatic carbocycles. The lowest BCUT2D eigenvalue weighted by molar-refractivity contribution is 0.590. The minimum Gasteiger partial charge on any atom is -0.320 e. The summed E-state index contributed by atoms with van der Waals surface area (Å²) in [5.74, 6) is -0.769. The fourth-order valence-electron chi connectivity index (χ4n) is 2.25. The minimum absolute atomic E-state index is 0.205. The summed E-state index contributed by atoms with van der Waals surface area (Å²) in [6.07, 6.45) is 0. The van der Waals surface area contributed by atoms with Gasteiger partial charge < -0.3 is 5.32 Å². The van der Waals surface area contributed by atoms with Crippen molar-refractivity contribution in [2.24, 2.45) is 0 Å². The van der Waals surface area contributed by atoms with Gasteiger partial charge in [-0.05, 0) is 30.3 Å². The number of halogens is 3. The highest BCUT2D eigenvalue weighted by Gasteiger charge is 2.13. The molecule has 0 unspecified atom stereocenters. The summed E-state index contributed by atoms with van der Waals surface area (Å²) in [4.78, 5) is 8.54. The first-order chi connectivity index (χ1) is 10.6. The summed E-state index contributed by atoms with van der Waals surface area (Å²) < 4.78 is 29.8. The predicted molar refractivity (Wildman–Crippen MR) is 82.2 cm³/mol. The van der Waals surface area contributed by atoms with Crippen LogP contribution in [0.3, 0.4) is 0 Å². The quantitative estimate of drug-likeness (QED) is 0.566. The zero-order chi connectivity index (χ0) is 15.3. The fraction of sp³-hybridized carbons (Fsp3) is 0. The van der Waals surface area contributed by atoms with Crippen LogP contribution in [0.2, 0.25) is 0 Å². The number of fused-ring (bicyclic) bond motifs is 3. The molecule has 22 heavy (non-hydrogen) atoms. The second-order valence-electron chi connectivity index (χ2n) is 4.67. The summed E-state index contributed by atoms with van der Waals surface area (Å²) in [6.45, 7) is 0. The lowest BCUT2D eigenvalue weighted by Crippen LogP contribution is -1.99. The molecule has 2 aromatic heterocycles. The zero-order valence-corrected chi connectivity index (χ0v) is 12.5. The molecule has 0 saturated heterocycles. The Morgan fingerprint density at radius 2 is 1.86 bits per heavy atom. The molecule has 0 atom stereocenters. The van der Waals surface area contributed by atoms with Crippen molar-refractivity contribution in [3.8, 4) is 0 Å². The Morgan fingerprint density at radius 3 is 2.64 bits per heavy atom. The third-order valence-corrected chi connectivity index (χ3v) is 3.73. The van der Waals surface area contributed by atoms with Crippen LogP contribution in [0.4, 0.5) is 20.4 Å². The maximum absolute atomic E-state index is 13.6. The summed E-state index contributed by atoms with van der Waals surface area (Å²) in [6, 6.07) is 9.25. The normalized spacial score (nSPS) is 11.4. The van der Waals surface area contributed by atoms with E-state index in [1.54, 1.807) is 4.52 Å². The van der Waals surface area contributed by atoms with Crippen molar-refractivity contribution in [3.63, 3.8) is 0 Å². The number of benzene rings is 2. The van der Waals surface area contributed by atoms with Gasteiger partial charge in [-0.3, -0.25) is 5.10 Å². The smallest absolute Gasteiger partial charge is 0.253 e. The second kappa shape index (κ2) is 4.77. The highest BCUT2D eigenvalue weighted by atomic mass is 79.9. The number of rotatable bonds is 2. The van der Waals surface area contributed by atoms with Gasteiger partial charge >= 0.3 is 0 Å². The monoisotopic (exact) mass is 363 g/mol. The first kappa shape index (κ1) is 13.2. The van der Waals surface area contributed by atoms with Gasteiger partial charge in [-0.15, -0.1) is 0 Å². The van der Waals surface area contributed by atoms with Crippen molar-refractivity contribution < 1.29 is 8.78 Å². The van der Waals surface area contributed by atoms with Crippen molar-refractivity contribution in [3.05, 3.63) is 52.5 Å². The lowest BCUT2D eigenvalue weighted by atomic mass is 10.3. The Kier molecular flexibility index (Phi) is 2.86. The van der Waals surface area contributed by atoms with E-state index in [-0.39, 0.29) is 11.6 Å². The van der Waals surface area contributed by atoms with E-state index >= 15 is 0 Å². The maximum Gasteiger partial charge on any atom is 0.253 e. The number of H-pyrrole nitrogens is 1. The van der Waals surface area contributed by atoms with Crippen LogP contribution in [0.25, 0.3) is 16.8 Å². The predicted octanol–water partition coefficient (Wildman–Crippen LogP) is 3.99. The highest BCUT2D eigenvalue weighted by Crippen LogP contribution is 2.24. The molecule has 4 aromatic rings. The largest absolute Gasteiger partial charge is 0.320 e. The zero-order valence-electron chi connectivity index (χ0n) is 10.9. The first-order valence-corrected chi connectivity index (χ1v) is 7.16. The maximum atomic E-state index is 13.6. The third-order valence-electron chi connectivity index (χ3n) is 3.23. The van der Waals surface area contributed by atoms with E-state index in [0.717, 1.165) is 15.5 Å². The number of aromatic nitrogens is 4. The summed E-state index contributed by atoms with van der Waals surface area (Å²) in [5.41, 5.74) is 1.32. The molecule has 0 spiro atoms. The average Bonchev–Trinajstić information content (AvgIpc) is 2.99. The van der Waals surface area contributed by atoms with Crippen molar-refractivity contribution in [2.45, 2.75) is 0 Å². The Labute approximate surface area is 131 Å². The first-order valence-electron chi connectivity index (χ1n) is 6.36. The van der Waals surface area contributed by atoms with Crippen molar-refractivity contribution in [1.29, 1.82) is 0 Å². The molecule has 8 heteroatoms. The number of anilines is 2. The van der Waals surface area contributed by atoms with Gasteiger partial charge in [0.2, 0.25) is 5.95 Å².